The number of aromatic nitrogens is 2. The summed E-state index contributed by atoms with van der Waals surface area (Å²) in [7, 11) is 0. The number of para-hydroxylation sites is 1. The molecule has 4 aromatic rings. The number of thiazole rings is 1. The largest absolute Gasteiger partial charge is 0.488 e. The Kier molecular flexibility index (Phi) is 5.68. The van der Waals surface area contributed by atoms with Crippen LogP contribution in [0.5, 0.6) is 5.75 Å². The van der Waals surface area contributed by atoms with Gasteiger partial charge in [0.1, 0.15) is 28.5 Å². The monoisotopic (exact) mass is 448 g/mol. The second-order valence-electron chi connectivity index (χ2n) is 7.51. The van der Waals surface area contributed by atoms with Crippen molar-refractivity contribution in [2.45, 2.75) is 6.61 Å². The maximum absolute atomic E-state index is 13.2. The number of pyridine rings is 1. The summed E-state index contributed by atoms with van der Waals surface area (Å²) in [5.74, 6) is 0.192. The lowest BCUT2D eigenvalue weighted by Crippen LogP contribution is -2.48. The molecule has 0 atom stereocenters. The van der Waals surface area contributed by atoms with Crippen molar-refractivity contribution in [3.63, 3.8) is 0 Å². The van der Waals surface area contributed by atoms with E-state index < -0.39 is 0 Å². The Hall–Kier alpha value is -3.52. The first kappa shape index (κ1) is 20.4. The van der Waals surface area contributed by atoms with Gasteiger partial charge in [-0.05, 0) is 42.0 Å². The van der Waals surface area contributed by atoms with Crippen LogP contribution in [0, 0.1) is 5.82 Å². The maximum Gasteiger partial charge on any atom is 0.257 e. The summed E-state index contributed by atoms with van der Waals surface area (Å²) in [4.78, 5) is 27.2. The number of ether oxygens (including phenoxy) is 1. The van der Waals surface area contributed by atoms with Crippen molar-refractivity contribution in [1.29, 1.82) is 0 Å². The Morgan fingerprint density at radius 1 is 1.00 bits per heavy atom. The van der Waals surface area contributed by atoms with E-state index in [1.54, 1.807) is 41.8 Å². The van der Waals surface area contributed by atoms with E-state index in [4.69, 9.17) is 4.74 Å². The smallest absolute Gasteiger partial charge is 0.257 e. The number of fused-ring (bicyclic) bond motifs is 1. The van der Waals surface area contributed by atoms with Crippen LogP contribution in [-0.2, 0) is 6.61 Å². The van der Waals surface area contributed by atoms with Crippen LogP contribution in [0.15, 0.2) is 66.9 Å². The normalized spacial score (nSPS) is 14.0. The number of carbonyl (C=O) groups is 1. The molecule has 1 aliphatic rings. The molecule has 2 aromatic heterocycles. The van der Waals surface area contributed by atoms with E-state index in [-0.39, 0.29) is 18.3 Å². The lowest BCUT2D eigenvalue weighted by Gasteiger charge is -2.34. The molecule has 1 aliphatic heterocycles. The highest BCUT2D eigenvalue weighted by molar-refractivity contribution is 7.21. The van der Waals surface area contributed by atoms with Crippen LogP contribution in [0.3, 0.4) is 0 Å². The third-order valence-corrected chi connectivity index (χ3v) is 6.46. The molecule has 3 heterocycles. The highest BCUT2D eigenvalue weighted by Crippen LogP contribution is 2.28. The van der Waals surface area contributed by atoms with Crippen LogP contribution in [0.4, 0.5) is 9.52 Å². The molecular formula is C24H21FN4O2S. The second kappa shape index (κ2) is 8.92. The first-order valence-corrected chi connectivity index (χ1v) is 11.2. The van der Waals surface area contributed by atoms with Gasteiger partial charge in [-0.1, -0.05) is 35.6 Å². The number of nitrogens with zero attached hydrogens (tertiary/aromatic N) is 4. The summed E-state index contributed by atoms with van der Waals surface area (Å²) < 4.78 is 19.0. The molecule has 0 unspecified atom stereocenters. The van der Waals surface area contributed by atoms with E-state index in [0.717, 1.165) is 21.0 Å². The van der Waals surface area contributed by atoms with Gasteiger partial charge in [0.05, 0.1) is 5.56 Å². The van der Waals surface area contributed by atoms with E-state index >= 15 is 0 Å². The molecular weight excluding hydrogens is 427 g/mol. The molecule has 1 fully saturated rings. The summed E-state index contributed by atoms with van der Waals surface area (Å²) >= 11 is 1.57. The lowest BCUT2D eigenvalue weighted by molar-refractivity contribution is 0.0742. The Morgan fingerprint density at radius 3 is 2.56 bits per heavy atom. The molecule has 32 heavy (non-hydrogen) atoms. The van der Waals surface area contributed by atoms with Crippen molar-refractivity contribution >= 4 is 32.7 Å². The molecule has 6 nitrogen and oxygen atoms in total. The number of carbonyl (C=O) groups excluding carboxylic acids is 1. The summed E-state index contributed by atoms with van der Waals surface area (Å²) in [5, 5.41) is 0.939. The van der Waals surface area contributed by atoms with Crippen molar-refractivity contribution in [3.05, 3.63) is 83.8 Å². The van der Waals surface area contributed by atoms with Gasteiger partial charge in [0.15, 0.2) is 5.13 Å². The molecule has 0 spiro atoms. The minimum absolute atomic E-state index is 0.0506. The van der Waals surface area contributed by atoms with E-state index in [2.05, 4.69) is 14.9 Å². The number of rotatable bonds is 5. The van der Waals surface area contributed by atoms with Crippen LogP contribution in [0.25, 0.3) is 10.3 Å². The number of hydrogen-bond donors (Lipinski definition) is 0. The fourth-order valence-corrected chi connectivity index (χ4v) is 4.64. The third-order valence-electron chi connectivity index (χ3n) is 5.42. The minimum Gasteiger partial charge on any atom is -0.488 e. The summed E-state index contributed by atoms with van der Waals surface area (Å²) in [6.07, 6.45) is 1.77. The maximum atomic E-state index is 13.2. The predicted molar refractivity (Wildman–Crippen MR) is 123 cm³/mol. The van der Waals surface area contributed by atoms with Crippen LogP contribution < -0.4 is 9.64 Å². The van der Waals surface area contributed by atoms with Crippen LogP contribution in [0.1, 0.15) is 15.9 Å². The molecule has 162 valence electrons. The average Bonchev–Trinajstić information content (AvgIpc) is 3.28. The van der Waals surface area contributed by atoms with Crippen molar-refractivity contribution in [2.24, 2.45) is 0 Å². The molecule has 0 bridgehead atoms. The number of benzene rings is 2. The molecule has 5 rings (SSSR count). The number of amides is 1. The van der Waals surface area contributed by atoms with E-state index in [0.29, 0.717) is 37.5 Å². The zero-order valence-electron chi connectivity index (χ0n) is 17.3. The van der Waals surface area contributed by atoms with Gasteiger partial charge >= 0.3 is 0 Å². The molecule has 2 aromatic carbocycles. The van der Waals surface area contributed by atoms with Crippen molar-refractivity contribution in [3.8, 4) is 5.75 Å². The topological polar surface area (TPSA) is 58.6 Å². The Morgan fingerprint density at radius 2 is 1.78 bits per heavy atom. The van der Waals surface area contributed by atoms with Gasteiger partial charge in [-0.3, -0.25) is 4.79 Å². The molecule has 8 heteroatoms. The Balaban J connectivity index is 1.24. The van der Waals surface area contributed by atoms with Gasteiger partial charge in [-0.2, -0.15) is 0 Å². The highest BCUT2D eigenvalue weighted by atomic mass is 32.1. The molecule has 1 saturated heterocycles. The van der Waals surface area contributed by atoms with Crippen LogP contribution >= 0.6 is 11.3 Å². The standard InChI is InChI=1S/C24H21FN4O2S/c25-18-9-7-17(8-10-18)16-31-21-6-2-1-4-19(21)23(30)28-12-14-29(15-13-28)24-27-20-5-3-11-26-22(20)32-24/h1-11H,12-16H2. The molecule has 0 N–H and O–H groups in total. The van der Waals surface area contributed by atoms with Crippen molar-refractivity contribution in [1.82, 2.24) is 14.9 Å². The first-order valence-electron chi connectivity index (χ1n) is 10.4. The van der Waals surface area contributed by atoms with Crippen LogP contribution in [-0.4, -0.2) is 47.0 Å². The molecule has 0 aliphatic carbocycles. The third kappa shape index (κ3) is 4.27. The summed E-state index contributed by atoms with van der Waals surface area (Å²) in [6, 6.07) is 17.3. The van der Waals surface area contributed by atoms with Gasteiger partial charge < -0.3 is 14.5 Å². The molecule has 0 saturated carbocycles. The fourth-order valence-electron chi connectivity index (χ4n) is 3.68. The summed E-state index contributed by atoms with van der Waals surface area (Å²) in [6.45, 7) is 2.90. The zero-order chi connectivity index (χ0) is 21.9. The van der Waals surface area contributed by atoms with Crippen molar-refractivity contribution < 1.29 is 13.9 Å². The van der Waals surface area contributed by atoms with Gasteiger partial charge in [0.25, 0.3) is 5.91 Å². The highest BCUT2D eigenvalue weighted by Gasteiger charge is 2.25. The minimum atomic E-state index is -0.286. The number of piperazine rings is 1. The number of anilines is 1. The van der Waals surface area contributed by atoms with Crippen LogP contribution in [0.2, 0.25) is 0 Å². The van der Waals surface area contributed by atoms with E-state index in [9.17, 15) is 9.18 Å². The van der Waals surface area contributed by atoms with Crippen molar-refractivity contribution in [2.75, 3.05) is 31.1 Å². The number of hydrogen-bond acceptors (Lipinski definition) is 6. The second-order valence-corrected chi connectivity index (χ2v) is 8.47. The quantitative estimate of drug-likeness (QED) is 0.454. The average molecular weight is 449 g/mol. The van der Waals surface area contributed by atoms with Gasteiger partial charge in [-0.25, -0.2) is 14.4 Å². The van der Waals surface area contributed by atoms with Gasteiger partial charge in [0, 0.05) is 32.4 Å². The number of halogens is 1. The SMILES string of the molecule is O=C(c1ccccc1OCc1ccc(F)cc1)N1CCN(c2nc3cccnc3s2)CC1. The Labute approximate surface area is 188 Å². The first-order chi connectivity index (χ1) is 15.7. The summed E-state index contributed by atoms with van der Waals surface area (Å²) in [5.41, 5.74) is 2.28. The Bertz CT molecular complexity index is 1200. The van der Waals surface area contributed by atoms with Gasteiger partial charge in [0.2, 0.25) is 0 Å². The zero-order valence-corrected chi connectivity index (χ0v) is 18.1. The van der Waals surface area contributed by atoms with E-state index in [1.165, 1.54) is 12.1 Å². The molecule has 0 radical (unpaired) electrons. The lowest BCUT2D eigenvalue weighted by atomic mass is 10.1. The van der Waals surface area contributed by atoms with Gasteiger partial charge in [-0.15, -0.1) is 0 Å². The molecule has 1 amide bonds. The predicted octanol–water partition coefficient (Wildman–Crippen LogP) is 4.37. The fraction of sp³-hybridized carbons (Fsp3) is 0.208. The van der Waals surface area contributed by atoms with E-state index in [1.807, 2.05) is 29.2 Å².